The summed E-state index contributed by atoms with van der Waals surface area (Å²) in [6, 6.07) is 4.72. The molecule has 0 aromatic carbocycles. The Labute approximate surface area is 175 Å². The van der Waals surface area contributed by atoms with E-state index >= 15 is 0 Å². The maximum Gasteiger partial charge on any atom is 0.269 e. The van der Waals surface area contributed by atoms with Crippen LogP contribution in [0.25, 0.3) is 0 Å². The van der Waals surface area contributed by atoms with Crippen LogP contribution in [0.5, 0.6) is 0 Å². The van der Waals surface area contributed by atoms with Gasteiger partial charge in [0.15, 0.2) is 0 Å². The van der Waals surface area contributed by atoms with Crippen LogP contribution in [-0.4, -0.2) is 66.8 Å². The van der Waals surface area contributed by atoms with E-state index in [0.29, 0.717) is 24.4 Å². The molecule has 0 unspecified atom stereocenters. The van der Waals surface area contributed by atoms with Gasteiger partial charge in [0.05, 0.1) is 24.1 Å². The number of anilines is 1. The van der Waals surface area contributed by atoms with Crippen LogP contribution in [0.1, 0.15) is 68.8 Å². The number of nitrogens with one attached hydrogen (secondary N) is 1. The molecule has 0 spiro atoms. The molecule has 160 valence electrons. The van der Waals surface area contributed by atoms with Crippen molar-refractivity contribution in [1.82, 2.24) is 15.2 Å². The zero-order valence-corrected chi connectivity index (χ0v) is 17.8. The van der Waals surface area contributed by atoms with Crippen molar-refractivity contribution in [2.24, 2.45) is 0 Å². The molecule has 3 aliphatic rings. The highest BCUT2D eigenvalue weighted by Gasteiger charge is 2.30. The normalized spacial score (nSPS) is 22.4. The number of amides is 1. The smallest absolute Gasteiger partial charge is 0.269 e. The van der Waals surface area contributed by atoms with Crippen molar-refractivity contribution in [2.75, 3.05) is 37.6 Å². The molecule has 4 rings (SSSR count). The maximum atomic E-state index is 12.0. The number of nitrogens with zero attached hydrogens (tertiary/aromatic N) is 3. The largest absolute Gasteiger partial charge is 0.375 e. The highest BCUT2D eigenvalue weighted by molar-refractivity contribution is 5.92. The Hall–Kier alpha value is -1.66. The summed E-state index contributed by atoms with van der Waals surface area (Å²) >= 11 is 0. The minimum Gasteiger partial charge on any atom is -0.375 e. The van der Waals surface area contributed by atoms with E-state index in [9.17, 15) is 4.79 Å². The van der Waals surface area contributed by atoms with Gasteiger partial charge in [-0.2, -0.15) is 0 Å². The highest BCUT2D eigenvalue weighted by atomic mass is 16.5. The number of aromatic nitrogens is 1. The van der Waals surface area contributed by atoms with Gasteiger partial charge in [-0.1, -0.05) is 13.3 Å². The number of ether oxygens (including phenoxy) is 1. The van der Waals surface area contributed by atoms with E-state index in [1.54, 1.807) is 0 Å². The number of hydrogen-bond donors (Lipinski definition) is 1. The summed E-state index contributed by atoms with van der Waals surface area (Å²) in [5.41, 5.74) is 1.60. The second-order valence-electron chi connectivity index (χ2n) is 8.80. The zero-order chi connectivity index (χ0) is 20.1. The average Bonchev–Trinajstić information content (AvgIpc) is 2.73. The second kappa shape index (κ2) is 9.90. The molecule has 0 atom stereocenters. The zero-order valence-electron chi connectivity index (χ0n) is 17.8. The summed E-state index contributed by atoms with van der Waals surface area (Å²) in [6.45, 7) is 7.16. The fourth-order valence-corrected chi connectivity index (χ4v) is 4.69. The Morgan fingerprint density at radius 2 is 1.76 bits per heavy atom. The third-order valence-corrected chi connectivity index (χ3v) is 6.78. The van der Waals surface area contributed by atoms with Crippen LogP contribution in [0, 0.1) is 0 Å². The molecule has 1 amide bonds. The lowest BCUT2D eigenvalue weighted by Gasteiger charge is -2.43. The first-order valence-electron chi connectivity index (χ1n) is 11.6. The molecule has 29 heavy (non-hydrogen) atoms. The highest BCUT2D eigenvalue weighted by Crippen LogP contribution is 2.29. The van der Waals surface area contributed by atoms with Crippen LogP contribution < -0.4 is 10.2 Å². The van der Waals surface area contributed by atoms with Crippen molar-refractivity contribution in [3.8, 4) is 0 Å². The predicted molar refractivity (Wildman–Crippen MR) is 115 cm³/mol. The quantitative estimate of drug-likeness (QED) is 0.762. The van der Waals surface area contributed by atoms with Gasteiger partial charge in [-0.25, -0.2) is 4.98 Å². The SMILES string of the molecule is CCCNC(=O)c1ccc(N2CCC(OC3CCN(C4CCC4)CC3)CC2)cn1. The maximum absolute atomic E-state index is 12.0. The lowest BCUT2D eigenvalue weighted by molar-refractivity contribution is -0.0598. The number of likely N-dealkylation sites (tertiary alicyclic amines) is 1. The Bertz CT molecular complexity index is 645. The lowest BCUT2D eigenvalue weighted by Crippen LogP contribution is -2.47. The molecule has 0 radical (unpaired) electrons. The Morgan fingerprint density at radius 3 is 2.31 bits per heavy atom. The summed E-state index contributed by atoms with van der Waals surface area (Å²) < 4.78 is 6.46. The van der Waals surface area contributed by atoms with E-state index < -0.39 is 0 Å². The summed E-state index contributed by atoms with van der Waals surface area (Å²) in [5.74, 6) is -0.0890. The van der Waals surface area contributed by atoms with Crippen molar-refractivity contribution in [1.29, 1.82) is 0 Å². The summed E-state index contributed by atoms with van der Waals surface area (Å²) in [5, 5.41) is 2.87. The van der Waals surface area contributed by atoms with E-state index in [1.807, 2.05) is 25.3 Å². The molecule has 1 aromatic heterocycles. The van der Waals surface area contributed by atoms with Crippen molar-refractivity contribution in [3.63, 3.8) is 0 Å². The Kier molecular flexibility index (Phi) is 7.03. The number of carbonyl (C=O) groups is 1. The molecule has 0 bridgehead atoms. The van der Waals surface area contributed by atoms with Crippen LogP contribution in [0.3, 0.4) is 0 Å². The number of carbonyl (C=O) groups excluding carboxylic acids is 1. The van der Waals surface area contributed by atoms with Crippen LogP contribution in [0.15, 0.2) is 18.3 Å². The first-order chi connectivity index (χ1) is 14.2. The Balaban J connectivity index is 1.19. The first-order valence-corrected chi connectivity index (χ1v) is 11.6. The third kappa shape index (κ3) is 5.28. The second-order valence-corrected chi connectivity index (χ2v) is 8.80. The molecule has 2 saturated heterocycles. The van der Waals surface area contributed by atoms with Crippen LogP contribution >= 0.6 is 0 Å². The third-order valence-electron chi connectivity index (χ3n) is 6.78. The van der Waals surface area contributed by atoms with Crippen LogP contribution in [0.4, 0.5) is 5.69 Å². The van der Waals surface area contributed by atoms with Crippen molar-refractivity contribution in [2.45, 2.75) is 76.5 Å². The van der Waals surface area contributed by atoms with Crippen molar-refractivity contribution >= 4 is 11.6 Å². The van der Waals surface area contributed by atoms with Gasteiger partial charge in [0.25, 0.3) is 5.91 Å². The van der Waals surface area contributed by atoms with Crippen molar-refractivity contribution < 1.29 is 9.53 Å². The molecular weight excluding hydrogens is 364 g/mol. The predicted octanol–water partition coefficient (Wildman–Crippen LogP) is 3.22. The molecule has 1 aromatic rings. The monoisotopic (exact) mass is 400 g/mol. The minimum absolute atomic E-state index is 0.0890. The van der Waals surface area contributed by atoms with Gasteiger partial charge in [0.2, 0.25) is 0 Å². The summed E-state index contributed by atoms with van der Waals surface area (Å²) in [6.07, 6.45) is 12.4. The number of piperidine rings is 2. The van der Waals surface area contributed by atoms with Gasteiger partial charge in [-0.3, -0.25) is 4.79 Å². The fraction of sp³-hybridized carbons (Fsp3) is 0.739. The van der Waals surface area contributed by atoms with Crippen LogP contribution in [0.2, 0.25) is 0 Å². The molecular formula is C23H36N4O2. The molecule has 6 nitrogen and oxygen atoms in total. The Morgan fingerprint density at radius 1 is 1.07 bits per heavy atom. The first kappa shape index (κ1) is 20.6. The molecule has 6 heteroatoms. The van der Waals surface area contributed by atoms with E-state index in [4.69, 9.17) is 4.74 Å². The lowest BCUT2D eigenvalue weighted by atomic mass is 9.89. The standard InChI is InChI=1S/C23H36N4O2/c1-2-12-24-23(28)22-7-6-19(17-25-22)27-15-10-21(11-16-27)29-20-8-13-26(14-9-20)18-4-3-5-18/h6-7,17-18,20-21H,2-5,8-16H2,1H3,(H,24,28). The number of hydrogen-bond acceptors (Lipinski definition) is 5. The van der Waals surface area contributed by atoms with Gasteiger partial charge >= 0.3 is 0 Å². The van der Waals surface area contributed by atoms with Gasteiger partial charge in [0, 0.05) is 38.8 Å². The average molecular weight is 401 g/mol. The fourth-order valence-electron chi connectivity index (χ4n) is 4.69. The molecule has 2 aliphatic heterocycles. The van der Waals surface area contributed by atoms with Crippen LogP contribution in [-0.2, 0) is 4.74 Å². The van der Waals surface area contributed by atoms with Gasteiger partial charge in [-0.05, 0) is 57.1 Å². The summed E-state index contributed by atoms with van der Waals surface area (Å²) in [7, 11) is 0. The van der Waals surface area contributed by atoms with E-state index in [1.165, 1.54) is 45.2 Å². The molecule has 3 fully saturated rings. The molecule has 1 saturated carbocycles. The summed E-state index contributed by atoms with van der Waals surface area (Å²) in [4.78, 5) is 21.4. The number of pyridine rings is 1. The van der Waals surface area contributed by atoms with Gasteiger partial charge < -0.3 is 19.9 Å². The molecule has 1 N–H and O–H groups in total. The van der Waals surface area contributed by atoms with E-state index in [0.717, 1.165) is 44.1 Å². The molecule has 3 heterocycles. The van der Waals surface area contributed by atoms with E-state index in [-0.39, 0.29) is 5.91 Å². The minimum atomic E-state index is -0.0890. The number of rotatable bonds is 7. The molecule has 1 aliphatic carbocycles. The van der Waals surface area contributed by atoms with E-state index in [2.05, 4.69) is 20.1 Å². The topological polar surface area (TPSA) is 57.7 Å². The van der Waals surface area contributed by atoms with Crippen molar-refractivity contribution in [3.05, 3.63) is 24.0 Å². The van der Waals surface area contributed by atoms with Gasteiger partial charge in [0.1, 0.15) is 5.69 Å². The van der Waals surface area contributed by atoms with Gasteiger partial charge in [-0.15, -0.1) is 0 Å².